The van der Waals surface area contributed by atoms with E-state index in [2.05, 4.69) is 42.8 Å². The number of hydrogen-bond donors (Lipinski definition) is 1. The molecule has 31 heavy (non-hydrogen) atoms. The predicted octanol–water partition coefficient (Wildman–Crippen LogP) is 3.40. The van der Waals surface area contributed by atoms with E-state index < -0.39 is 18.1 Å². The van der Waals surface area contributed by atoms with Crippen LogP contribution in [0.25, 0.3) is 11.2 Å². The quantitative estimate of drug-likeness (QED) is 0.604. The predicted molar refractivity (Wildman–Crippen MR) is 116 cm³/mol. The van der Waals surface area contributed by atoms with Gasteiger partial charge < -0.3 is 19.5 Å². The SMILES string of the molecule is C=C(Br)[C@H]1O[C@@H](n2cnc3c(NC(=O)c4ccccc4)ncnc32)[C@@H]2OC(C)(C)O[C@@H]21. The molecular weight excluding hydrogens is 466 g/mol. The summed E-state index contributed by atoms with van der Waals surface area (Å²) in [5, 5.41) is 2.81. The maximum atomic E-state index is 12.6. The van der Waals surface area contributed by atoms with Crippen LogP contribution in [0.15, 0.2) is 54.0 Å². The molecule has 1 aromatic carbocycles. The lowest BCUT2D eigenvalue weighted by Crippen LogP contribution is -2.29. The van der Waals surface area contributed by atoms with Crippen molar-refractivity contribution in [1.29, 1.82) is 0 Å². The number of carbonyl (C=O) groups excluding carboxylic acids is 1. The fraction of sp³-hybridized carbons (Fsp3) is 0.333. The summed E-state index contributed by atoms with van der Waals surface area (Å²) in [7, 11) is 0. The Labute approximate surface area is 186 Å². The minimum Gasteiger partial charge on any atom is -0.344 e. The average Bonchev–Trinajstić information content (AvgIpc) is 3.39. The Kier molecular flexibility index (Phi) is 4.89. The molecule has 0 unspecified atom stereocenters. The Balaban J connectivity index is 1.49. The zero-order valence-electron chi connectivity index (χ0n) is 16.9. The van der Waals surface area contributed by atoms with Crippen LogP contribution in [0.2, 0.25) is 0 Å². The highest BCUT2D eigenvalue weighted by Gasteiger charge is 2.56. The van der Waals surface area contributed by atoms with Crippen LogP contribution in [0.5, 0.6) is 0 Å². The lowest BCUT2D eigenvalue weighted by molar-refractivity contribution is -0.191. The van der Waals surface area contributed by atoms with E-state index >= 15 is 0 Å². The molecule has 0 aliphatic carbocycles. The summed E-state index contributed by atoms with van der Waals surface area (Å²) < 4.78 is 20.8. The first-order chi connectivity index (χ1) is 14.8. The Bertz CT molecular complexity index is 1170. The number of hydrogen-bond acceptors (Lipinski definition) is 7. The molecule has 1 amide bonds. The number of amides is 1. The summed E-state index contributed by atoms with van der Waals surface area (Å²) in [5.74, 6) is -0.715. The van der Waals surface area contributed by atoms with E-state index in [0.717, 1.165) is 0 Å². The molecule has 160 valence electrons. The number of anilines is 1. The first kappa shape index (κ1) is 20.3. The Morgan fingerprint density at radius 3 is 2.65 bits per heavy atom. The molecule has 2 saturated heterocycles. The van der Waals surface area contributed by atoms with Gasteiger partial charge in [-0.15, -0.1) is 0 Å². The third kappa shape index (κ3) is 3.55. The van der Waals surface area contributed by atoms with Gasteiger partial charge in [0.05, 0.1) is 6.33 Å². The highest BCUT2D eigenvalue weighted by molar-refractivity contribution is 9.11. The van der Waals surface area contributed by atoms with E-state index in [1.54, 1.807) is 35.2 Å². The first-order valence-corrected chi connectivity index (χ1v) is 10.5. The number of ether oxygens (including phenoxy) is 3. The Hall–Kier alpha value is -2.66. The molecule has 5 rings (SSSR count). The lowest BCUT2D eigenvalue weighted by atomic mass is 10.1. The fourth-order valence-electron chi connectivity index (χ4n) is 3.95. The summed E-state index contributed by atoms with van der Waals surface area (Å²) in [6, 6.07) is 8.90. The van der Waals surface area contributed by atoms with Crippen molar-refractivity contribution in [3.63, 3.8) is 0 Å². The van der Waals surface area contributed by atoms with Gasteiger partial charge in [0, 0.05) is 10.0 Å². The van der Waals surface area contributed by atoms with Gasteiger partial charge in [-0.3, -0.25) is 9.36 Å². The Morgan fingerprint density at radius 1 is 1.16 bits per heavy atom. The molecule has 2 fully saturated rings. The van der Waals surface area contributed by atoms with Crippen molar-refractivity contribution in [3.05, 3.63) is 59.6 Å². The van der Waals surface area contributed by atoms with Gasteiger partial charge in [0.25, 0.3) is 5.91 Å². The van der Waals surface area contributed by atoms with Crippen LogP contribution >= 0.6 is 15.9 Å². The van der Waals surface area contributed by atoms with Crippen molar-refractivity contribution < 1.29 is 19.0 Å². The van der Waals surface area contributed by atoms with Gasteiger partial charge in [-0.25, -0.2) is 15.0 Å². The number of benzene rings is 1. The molecular formula is C21H20BrN5O4. The summed E-state index contributed by atoms with van der Waals surface area (Å²) in [6.45, 7) is 7.68. The summed E-state index contributed by atoms with van der Waals surface area (Å²) in [5.41, 5.74) is 1.48. The first-order valence-electron chi connectivity index (χ1n) is 9.73. The second kappa shape index (κ2) is 7.49. The van der Waals surface area contributed by atoms with E-state index in [0.29, 0.717) is 27.0 Å². The molecule has 4 atom stereocenters. The number of nitrogens with zero attached hydrogens (tertiary/aromatic N) is 4. The number of fused-ring (bicyclic) bond motifs is 2. The van der Waals surface area contributed by atoms with Crippen molar-refractivity contribution in [1.82, 2.24) is 19.5 Å². The molecule has 2 aliphatic rings. The van der Waals surface area contributed by atoms with Crippen LogP contribution in [0.1, 0.15) is 30.4 Å². The van der Waals surface area contributed by atoms with E-state index in [-0.39, 0.29) is 18.1 Å². The fourth-order valence-corrected chi connectivity index (χ4v) is 4.32. The second-order valence-corrected chi connectivity index (χ2v) is 8.84. The van der Waals surface area contributed by atoms with Crippen molar-refractivity contribution in [3.8, 4) is 0 Å². The van der Waals surface area contributed by atoms with Gasteiger partial charge in [0.1, 0.15) is 24.6 Å². The largest absolute Gasteiger partial charge is 0.344 e. The molecule has 0 saturated carbocycles. The number of nitrogens with one attached hydrogen (secondary N) is 1. The zero-order chi connectivity index (χ0) is 21.8. The van der Waals surface area contributed by atoms with Crippen molar-refractivity contribution in [2.24, 2.45) is 0 Å². The molecule has 2 aromatic heterocycles. The monoisotopic (exact) mass is 485 g/mol. The lowest BCUT2D eigenvalue weighted by Gasteiger charge is -2.24. The normalized spacial score (nSPS) is 26.7. The smallest absolute Gasteiger partial charge is 0.256 e. The standard InChI is InChI=1S/C21H20BrN5O4/c1-11(22)14-15-16(31-21(2,3)30-15)20(29-14)27-10-25-13-17(23-9-24-18(13)27)26-19(28)12-7-5-4-6-8-12/h4-10,14-16,20H,1H2,2-3H3,(H,23,24,26,28)/t14-,15-,16-,20-/m1/s1. The van der Waals surface area contributed by atoms with Crippen LogP contribution < -0.4 is 5.32 Å². The van der Waals surface area contributed by atoms with Crippen molar-refractivity contribution >= 4 is 38.8 Å². The van der Waals surface area contributed by atoms with Gasteiger partial charge in [0.2, 0.25) is 0 Å². The number of carbonyl (C=O) groups is 1. The van der Waals surface area contributed by atoms with E-state index in [9.17, 15) is 4.79 Å². The van der Waals surface area contributed by atoms with Crippen molar-refractivity contribution in [2.45, 2.75) is 44.2 Å². The van der Waals surface area contributed by atoms with Crippen molar-refractivity contribution in [2.75, 3.05) is 5.32 Å². The van der Waals surface area contributed by atoms with Gasteiger partial charge in [0.15, 0.2) is 29.0 Å². The van der Waals surface area contributed by atoms with Gasteiger partial charge in [-0.05, 0) is 26.0 Å². The number of imidazole rings is 1. The van der Waals surface area contributed by atoms with Gasteiger partial charge in [-0.2, -0.15) is 0 Å². The Morgan fingerprint density at radius 2 is 1.90 bits per heavy atom. The highest BCUT2D eigenvalue weighted by Crippen LogP contribution is 2.46. The zero-order valence-corrected chi connectivity index (χ0v) is 18.4. The van der Waals surface area contributed by atoms with E-state index in [1.165, 1.54) is 6.33 Å². The van der Waals surface area contributed by atoms with Crippen LogP contribution in [0, 0.1) is 0 Å². The molecule has 3 aromatic rings. The topological polar surface area (TPSA) is 100 Å². The summed E-state index contributed by atoms with van der Waals surface area (Å²) in [4.78, 5) is 25.6. The average molecular weight is 486 g/mol. The highest BCUT2D eigenvalue weighted by atomic mass is 79.9. The molecule has 1 N–H and O–H groups in total. The number of aromatic nitrogens is 4. The number of rotatable bonds is 4. The minimum absolute atomic E-state index is 0.280. The molecule has 2 aliphatic heterocycles. The van der Waals surface area contributed by atoms with Crippen LogP contribution in [-0.4, -0.2) is 49.5 Å². The number of halogens is 1. The molecule has 9 nitrogen and oxygen atoms in total. The second-order valence-electron chi connectivity index (χ2n) is 7.83. The maximum absolute atomic E-state index is 12.6. The molecule has 0 spiro atoms. The van der Waals surface area contributed by atoms with E-state index in [1.807, 2.05) is 19.9 Å². The minimum atomic E-state index is -0.752. The third-order valence-electron chi connectivity index (χ3n) is 5.24. The molecule has 4 heterocycles. The maximum Gasteiger partial charge on any atom is 0.256 e. The molecule has 0 bridgehead atoms. The van der Waals surface area contributed by atoms with Crippen LogP contribution in [0.4, 0.5) is 5.82 Å². The van der Waals surface area contributed by atoms with Gasteiger partial charge >= 0.3 is 0 Å². The van der Waals surface area contributed by atoms with Crippen LogP contribution in [-0.2, 0) is 14.2 Å². The summed E-state index contributed by atoms with van der Waals surface area (Å²) in [6.07, 6.45) is 1.34. The van der Waals surface area contributed by atoms with Crippen LogP contribution in [0.3, 0.4) is 0 Å². The van der Waals surface area contributed by atoms with Gasteiger partial charge in [-0.1, -0.05) is 40.7 Å². The molecule has 0 radical (unpaired) electrons. The third-order valence-corrected chi connectivity index (χ3v) is 5.69. The van der Waals surface area contributed by atoms with E-state index in [4.69, 9.17) is 14.2 Å². The molecule has 10 heteroatoms. The summed E-state index contributed by atoms with van der Waals surface area (Å²) >= 11 is 3.42.